The van der Waals surface area contributed by atoms with E-state index in [0.29, 0.717) is 11.6 Å². The van der Waals surface area contributed by atoms with Gasteiger partial charge in [-0.15, -0.1) is 23.5 Å². The first-order chi connectivity index (χ1) is 11.3. The Labute approximate surface area is 147 Å². The van der Waals surface area contributed by atoms with Gasteiger partial charge in [-0.1, -0.05) is 35.6 Å². The van der Waals surface area contributed by atoms with Crippen molar-refractivity contribution in [2.45, 2.75) is 16.2 Å². The third-order valence-corrected chi connectivity index (χ3v) is 5.91. The second-order valence-corrected chi connectivity index (χ2v) is 7.83. The normalized spacial score (nSPS) is 10.8. The summed E-state index contributed by atoms with van der Waals surface area (Å²) in [6.07, 6.45) is 2.51. The molecule has 0 saturated carbocycles. The van der Waals surface area contributed by atoms with Crippen LogP contribution in [0, 0.1) is 0 Å². The van der Waals surface area contributed by atoms with E-state index in [2.05, 4.69) is 28.5 Å². The summed E-state index contributed by atoms with van der Waals surface area (Å²) in [7, 11) is 0. The van der Waals surface area contributed by atoms with E-state index >= 15 is 0 Å². The number of thioether (sulfide) groups is 2. The summed E-state index contributed by atoms with van der Waals surface area (Å²) < 4.78 is 1.10. The first-order valence-corrected chi connectivity index (χ1v) is 10.2. The molecule has 1 aromatic heterocycles. The molecule has 23 heavy (non-hydrogen) atoms. The first-order valence-electron chi connectivity index (χ1n) is 7.17. The molecule has 0 aliphatic rings. The van der Waals surface area contributed by atoms with E-state index in [1.165, 1.54) is 16.2 Å². The Morgan fingerprint density at radius 2 is 2.00 bits per heavy atom. The molecule has 3 aromatic rings. The van der Waals surface area contributed by atoms with Gasteiger partial charge in [0.25, 0.3) is 0 Å². The minimum absolute atomic E-state index is 0.0122. The highest BCUT2D eigenvalue weighted by atomic mass is 32.2. The number of benzene rings is 2. The lowest BCUT2D eigenvalue weighted by molar-refractivity contribution is -0.115. The quantitative estimate of drug-likeness (QED) is 0.618. The van der Waals surface area contributed by atoms with Gasteiger partial charge in [0, 0.05) is 22.0 Å². The lowest BCUT2D eigenvalue weighted by Crippen LogP contribution is -2.11. The Hall–Kier alpha value is -1.50. The molecule has 0 spiro atoms. The predicted molar refractivity (Wildman–Crippen MR) is 102 cm³/mol. The lowest BCUT2D eigenvalue weighted by atomic mass is 10.3. The van der Waals surface area contributed by atoms with Crippen LogP contribution in [-0.2, 0) is 4.79 Å². The van der Waals surface area contributed by atoms with Crippen LogP contribution in [0.5, 0.6) is 0 Å². The van der Waals surface area contributed by atoms with E-state index in [9.17, 15) is 4.79 Å². The number of thiazole rings is 1. The zero-order valence-corrected chi connectivity index (χ0v) is 15.1. The summed E-state index contributed by atoms with van der Waals surface area (Å²) in [4.78, 5) is 18.9. The highest BCUT2D eigenvalue weighted by Crippen LogP contribution is 2.32. The SMILES string of the molecule is CSc1cccc2sc(NC(=O)CCSc3ccccc3)nc12. The second-order valence-electron chi connectivity index (χ2n) is 4.79. The zero-order valence-electron chi connectivity index (χ0n) is 12.6. The Bertz CT molecular complexity index is 802. The molecule has 3 rings (SSSR count). The summed E-state index contributed by atoms with van der Waals surface area (Å²) in [6.45, 7) is 0. The van der Waals surface area contributed by atoms with Crippen molar-refractivity contribution in [1.82, 2.24) is 4.98 Å². The number of carbonyl (C=O) groups is 1. The van der Waals surface area contributed by atoms with E-state index in [0.717, 1.165) is 20.9 Å². The number of anilines is 1. The average Bonchev–Trinajstić information content (AvgIpc) is 2.98. The third-order valence-electron chi connectivity index (χ3n) is 3.19. The smallest absolute Gasteiger partial charge is 0.226 e. The van der Waals surface area contributed by atoms with E-state index in [1.807, 2.05) is 36.6 Å². The summed E-state index contributed by atoms with van der Waals surface area (Å²) in [5.74, 6) is 0.773. The monoisotopic (exact) mass is 360 g/mol. The summed E-state index contributed by atoms with van der Waals surface area (Å²) in [5.41, 5.74) is 0.971. The Balaban J connectivity index is 1.57. The van der Waals surface area contributed by atoms with E-state index in [-0.39, 0.29) is 5.91 Å². The molecule has 2 aromatic carbocycles. The molecule has 0 aliphatic carbocycles. The van der Waals surface area contributed by atoms with Gasteiger partial charge in [-0.25, -0.2) is 4.98 Å². The molecule has 0 saturated heterocycles. The minimum atomic E-state index is 0.0122. The minimum Gasteiger partial charge on any atom is -0.302 e. The van der Waals surface area contributed by atoms with Gasteiger partial charge < -0.3 is 5.32 Å². The maximum atomic E-state index is 12.1. The van der Waals surface area contributed by atoms with Gasteiger partial charge in [-0.3, -0.25) is 4.79 Å². The van der Waals surface area contributed by atoms with Crippen LogP contribution in [0.25, 0.3) is 10.2 Å². The fourth-order valence-corrected chi connectivity index (χ4v) is 4.51. The molecular formula is C17H16N2OS3. The molecule has 1 N–H and O–H groups in total. The molecule has 0 fully saturated rings. The molecule has 3 nitrogen and oxygen atoms in total. The first kappa shape index (κ1) is 16.4. The van der Waals surface area contributed by atoms with E-state index < -0.39 is 0 Å². The maximum Gasteiger partial charge on any atom is 0.226 e. The van der Waals surface area contributed by atoms with Crippen LogP contribution in [0.4, 0.5) is 5.13 Å². The van der Waals surface area contributed by atoms with Crippen LogP contribution < -0.4 is 5.32 Å². The number of para-hydroxylation sites is 1. The molecule has 1 heterocycles. The molecule has 0 aliphatic heterocycles. The number of hydrogen-bond donors (Lipinski definition) is 1. The van der Waals surface area contributed by atoms with Crippen LogP contribution >= 0.6 is 34.9 Å². The van der Waals surface area contributed by atoms with E-state index in [4.69, 9.17) is 0 Å². The lowest BCUT2D eigenvalue weighted by Gasteiger charge is -2.02. The van der Waals surface area contributed by atoms with Gasteiger partial charge in [0.1, 0.15) is 0 Å². The Kier molecular flexibility index (Phi) is 5.59. The van der Waals surface area contributed by atoms with Gasteiger partial charge in [-0.05, 0) is 30.5 Å². The highest BCUT2D eigenvalue weighted by Gasteiger charge is 2.10. The summed E-state index contributed by atoms with van der Waals surface area (Å²) in [5, 5.41) is 3.59. The Morgan fingerprint density at radius 1 is 1.17 bits per heavy atom. The number of aromatic nitrogens is 1. The summed E-state index contributed by atoms with van der Waals surface area (Å²) >= 11 is 4.88. The van der Waals surface area contributed by atoms with Crippen molar-refractivity contribution in [2.75, 3.05) is 17.3 Å². The molecule has 6 heteroatoms. The highest BCUT2D eigenvalue weighted by molar-refractivity contribution is 7.99. The number of carbonyl (C=O) groups excluding carboxylic acids is 1. The predicted octanol–water partition coefficient (Wildman–Crippen LogP) is 5.14. The number of amides is 1. The van der Waals surface area contributed by atoms with E-state index in [1.54, 1.807) is 23.5 Å². The number of hydrogen-bond acceptors (Lipinski definition) is 5. The van der Waals surface area contributed by atoms with Gasteiger partial charge >= 0.3 is 0 Å². The van der Waals surface area contributed by atoms with Crippen molar-refractivity contribution in [3.63, 3.8) is 0 Å². The van der Waals surface area contributed by atoms with Crippen molar-refractivity contribution in [3.05, 3.63) is 48.5 Å². The molecule has 0 bridgehead atoms. The number of nitrogens with one attached hydrogen (secondary N) is 1. The molecule has 0 atom stereocenters. The molecule has 0 radical (unpaired) electrons. The van der Waals surface area contributed by atoms with Crippen LogP contribution in [0.3, 0.4) is 0 Å². The molecule has 1 amide bonds. The van der Waals surface area contributed by atoms with Gasteiger partial charge in [-0.2, -0.15) is 0 Å². The molecular weight excluding hydrogens is 344 g/mol. The fourth-order valence-electron chi connectivity index (χ4n) is 2.10. The molecule has 118 valence electrons. The second kappa shape index (κ2) is 7.86. The number of nitrogens with zero attached hydrogens (tertiary/aromatic N) is 1. The largest absolute Gasteiger partial charge is 0.302 e. The van der Waals surface area contributed by atoms with Crippen molar-refractivity contribution in [2.24, 2.45) is 0 Å². The number of fused-ring (bicyclic) bond motifs is 1. The van der Waals surface area contributed by atoms with Crippen molar-refractivity contribution in [3.8, 4) is 0 Å². The van der Waals surface area contributed by atoms with Crippen molar-refractivity contribution in [1.29, 1.82) is 0 Å². The maximum absolute atomic E-state index is 12.1. The van der Waals surface area contributed by atoms with Gasteiger partial charge in [0.05, 0.1) is 10.2 Å². The van der Waals surface area contributed by atoms with Crippen LogP contribution in [0.2, 0.25) is 0 Å². The Morgan fingerprint density at radius 3 is 2.78 bits per heavy atom. The number of rotatable bonds is 6. The zero-order chi connectivity index (χ0) is 16.1. The van der Waals surface area contributed by atoms with Gasteiger partial charge in [0.2, 0.25) is 5.91 Å². The molecule has 0 unspecified atom stereocenters. The van der Waals surface area contributed by atoms with Crippen molar-refractivity contribution < 1.29 is 4.79 Å². The van der Waals surface area contributed by atoms with Crippen molar-refractivity contribution >= 4 is 56.1 Å². The summed E-state index contributed by atoms with van der Waals surface area (Å²) in [6, 6.07) is 16.2. The van der Waals surface area contributed by atoms with Crippen LogP contribution in [-0.4, -0.2) is 22.9 Å². The third kappa shape index (κ3) is 4.28. The fraction of sp³-hybridized carbons (Fsp3) is 0.176. The van der Waals surface area contributed by atoms with Gasteiger partial charge in [0.15, 0.2) is 5.13 Å². The topological polar surface area (TPSA) is 42.0 Å². The van der Waals surface area contributed by atoms with Crippen LogP contribution in [0.1, 0.15) is 6.42 Å². The van der Waals surface area contributed by atoms with Crippen LogP contribution in [0.15, 0.2) is 58.3 Å². The average molecular weight is 361 g/mol. The standard InChI is InChI=1S/C17H16N2OS3/c1-21-13-8-5-9-14-16(13)19-17(23-14)18-15(20)10-11-22-12-6-3-2-4-7-12/h2-9H,10-11H2,1H3,(H,18,19,20).